The minimum absolute atomic E-state index is 0.0938. The van der Waals surface area contributed by atoms with Crippen molar-refractivity contribution in [2.24, 2.45) is 17.8 Å². The lowest BCUT2D eigenvalue weighted by Crippen LogP contribution is -2.54. The van der Waals surface area contributed by atoms with Crippen LogP contribution < -0.4 is 5.32 Å². The summed E-state index contributed by atoms with van der Waals surface area (Å²) < 4.78 is 0. The molecule has 0 aromatic heterocycles. The first kappa shape index (κ1) is 14.8. The SMILES string of the molecule is CCC1CC(NC(=O)C(C)C)CN(C(C)C2CC2)C1. The fourth-order valence-electron chi connectivity index (χ4n) is 3.22. The molecule has 3 nitrogen and oxygen atoms in total. The zero-order valence-electron chi connectivity index (χ0n) is 13.0. The number of amides is 1. The Hall–Kier alpha value is -0.570. The molecule has 1 heterocycles. The van der Waals surface area contributed by atoms with Crippen LogP contribution in [-0.4, -0.2) is 36.0 Å². The maximum absolute atomic E-state index is 11.9. The van der Waals surface area contributed by atoms with Crippen molar-refractivity contribution >= 4 is 5.91 Å². The van der Waals surface area contributed by atoms with E-state index in [1.807, 2.05) is 13.8 Å². The molecule has 19 heavy (non-hydrogen) atoms. The second-order valence-electron chi connectivity index (χ2n) is 6.90. The first-order valence-corrected chi connectivity index (χ1v) is 8.05. The van der Waals surface area contributed by atoms with Gasteiger partial charge in [0.2, 0.25) is 5.91 Å². The van der Waals surface area contributed by atoms with Gasteiger partial charge < -0.3 is 5.32 Å². The van der Waals surface area contributed by atoms with Gasteiger partial charge in [-0.05, 0) is 38.0 Å². The van der Waals surface area contributed by atoms with Gasteiger partial charge in [-0.15, -0.1) is 0 Å². The van der Waals surface area contributed by atoms with Crippen molar-refractivity contribution in [3.05, 3.63) is 0 Å². The van der Waals surface area contributed by atoms with Gasteiger partial charge in [-0.3, -0.25) is 9.69 Å². The van der Waals surface area contributed by atoms with Crippen molar-refractivity contribution in [2.45, 2.75) is 65.5 Å². The number of carbonyl (C=O) groups is 1. The highest BCUT2D eigenvalue weighted by atomic mass is 16.1. The largest absolute Gasteiger partial charge is 0.352 e. The van der Waals surface area contributed by atoms with Gasteiger partial charge in [0, 0.05) is 31.1 Å². The zero-order chi connectivity index (χ0) is 14.0. The molecular formula is C16H30N2O. The summed E-state index contributed by atoms with van der Waals surface area (Å²) in [6.45, 7) is 10.9. The van der Waals surface area contributed by atoms with E-state index in [1.165, 1.54) is 25.8 Å². The Bertz CT molecular complexity index is 312. The van der Waals surface area contributed by atoms with Crippen LogP contribution >= 0.6 is 0 Å². The van der Waals surface area contributed by atoms with E-state index in [1.54, 1.807) is 0 Å². The third-order valence-electron chi connectivity index (χ3n) is 4.89. The maximum Gasteiger partial charge on any atom is 0.222 e. The molecule has 2 rings (SSSR count). The summed E-state index contributed by atoms with van der Waals surface area (Å²) in [5, 5.41) is 3.25. The van der Waals surface area contributed by atoms with Gasteiger partial charge in [0.25, 0.3) is 0 Å². The van der Waals surface area contributed by atoms with Crippen molar-refractivity contribution in [1.82, 2.24) is 10.2 Å². The first-order valence-electron chi connectivity index (χ1n) is 8.05. The molecule has 1 aliphatic carbocycles. The molecule has 3 atom stereocenters. The molecule has 0 spiro atoms. The highest BCUT2D eigenvalue weighted by molar-refractivity contribution is 5.78. The van der Waals surface area contributed by atoms with Crippen LogP contribution in [0.5, 0.6) is 0 Å². The lowest BCUT2D eigenvalue weighted by Gasteiger charge is -2.41. The summed E-state index contributed by atoms with van der Waals surface area (Å²) >= 11 is 0. The minimum atomic E-state index is 0.0938. The topological polar surface area (TPSA) is 32.3 Å². The fourth-order valence-corrected chi connectivity index (χ4v) is 3.22. The molecule has 0 aromatic carbocycles. The van der Waals surface area contributed by atoms with Crippen molar-refractivity contribution in [3.63, 3.8) is 0 Å². The Morgan fingerprint density at radius 3 is 2.47 bits per heavy atom. The lowest BCUT2D eigenvalue weighted by atomic mass is 9.90. The van der Waals surface area contributed by atoms with E-state index in [9.17, 15) is 4.79 Å². The van der Waals surface area contributed by atoms with Crippen molar-refractivity contribution in [3.8, 4) is 0 Å². The monoisotopic (exact) mass is 266 g/mol. The zero-order valence-corrected chi connectivity index (χ0v) is 13.0. The second-order valence-corrected chi connectivity index (χ2v) is 6.90. The van der Waals surface area contributed by atoms with Crippen LogP contribution in [0.2, 0.25) is 0 Å². The molecular weight excluding hydrogens is 236 g/mol. The van der Waals surface area contributed by atoms with Gasteiger partial charge in [0.05, 0.1) is 0 Å². The molecule has 1 N–H and O–H groups in total. The van der Waals surface area contributed by atoms with E-state index in [-0.39, 0.29) is 11.8 Å². The molecule has 1 saturated heterocycles. The molecule has 0 bridgehead atoms. The van der Waals surface area contributed by atoms with Gasteiger partial charge >= 0.3 is 0 Å². The number of hydrogen-bond acceptors (Lipinski definition) is 2. The van der Waals surface area contributed by atoms with Crippen LogP contribution in [0.25, 0.3) is 0 Å². The summed E-state index contributed by atoms with van der Waals surface area (Å²) in [6, 6.07) is 1.06. The number of rotatable bonds is 5. The standard InChI is InChI=1S/C16H30N2O/c1-5-13-8-15(17-16(19)11(2)3)10-18(9-13)12(4)14-6-7-14/h11-15H,5-10H2,1-4H3,(H,17,19). The van der Waals surface area contributed by atoms with Gasteiger partial charge in [-0.1, -0.05) is 27.2 Å². The van der Waals surface area contributed by atoms with Crippen LogP contribution in [0.4, 0.5) is 0 Å². The first-order chi connectivity index (χ1) is 9.01. The third-order valence-corrected chi connectivity index (χ3v) is 4.89. The van der Waals surface area contributed by atoms with Crippen molar-refractivity contribution in [2.75, 3.05) is 13.1 Å². The number of nitrogens with zero attached hydrogens (tertiary/aromatic N) is 1. The molecule has 2 fully saturated rings. The van der Waals surface area contributed by atoms with Gasteiger partial charge in [-0.25, -0.2) is 0 Å². The molecule has 110 valence electrons. The van der Waals surface area contributed by atoms with Crippen LogP contribution in [0.15, 0.2) is 0 Å². The Balaban J connectivity index is 1.93. The lowest BCUT2D eigenvalue weighted by molar-refractivity contribution is -0.125. The Morgan fingerprint density at radius 2 is 1.95 bits per heavy atom. The summed E-state index contributed by atoms with van der Waals surface area (Å²) in [6.07, 6.45) is 5.18. The molecule has 3 unspecified atom stereocenters. The van der Waals surface area contributed by atoms with Crippen LogP contribution in [0, 0.1) is 17.8 Å². The number of carbonyl (C=O) groups excluding carboxylic acids is 1. The highest BCUT2D eigenvalue weighted by Crippen LogP contribution is 2.36. The summed E-state index contributed by atoms with van der Waals surface area (Å²) in [4.78, 5) is 14.5. The normalized spacial score (nSPS) is 30.4. The molecule has 0 aromatic rings. The second kappa shape index (κ2) is 6.25. The number of likely N-dealkylation sites (tertiary alicyclic amines) is 1. The van der Waals surface area contributed by atoms with Crippen LogP contribution in [-0.2, 0) is 4.79 Å². The average Bonchev–Trinajstić information content (AvgIpc) is 3.21. The van der Waals surface area contributed by atoms with Crippen LogP contribution in [0.3, 0.4) is 0 Å². The fraction of sp³-hybridized carbons (Fsp3) is 0.938. The number of hydrogen-bond donors (Lipinski definition) is 1. The van der Waals surface area contributed by atoms with Crippen molar-refractivity contribution < 1.29 is 4.79 Å². The summed E-state index contributed by atoms with van der Waals surface area (Å²) in [7, 11) is 0. The predicted molar refractivity (Wildman–Crippen MR) is 78.9 cm³/mol. The molecule has 1 aliphatic heterocycles. The molecule has 3 heteroatoms. The van der Waals surface area contributed by atoms with E-state index in [4.69, 9.17) is 0 Å². The summed E-state index contributed by atoms with van der Waals surface area (Å²) in [5.74, 6) is 1.96. The van der Waals surface area contributed by atoms with Gasteiger partial charge in [-0.2, -0.15) is 0 Å². The van der Waals surface area contributed by atoms with Crippen LogP contribution in [0.1, 0.15) is 53.4 Å². The molecule has 0 radical (unpaired) electrons. The average molecular weight is 266 g/mol. The third kappa shape index (κ3) is 3.95. The van der Waals surface area contributed by atoms with Crippen molar-refractivity contribution in [1.29, 1.82) is 0 Å². The predicted octanol–water partition coefficient (Wildman–Crippen LogP) is 2.66. The van der Waals surface area contributed by atoms with Gasteiger partial charge in [0.1, 0.15) is 0 Å². The van der Waals surface area contributed by atoms with E-state index >= 15 is 0 Å². The molecule has 1 saturated carbocycles. The quantitative estimate of drug-likeness (QED) is 0.829. The minimum Gasteiger partial charge on any atom is -0.352 e. The Kier molecular flexibility index (Phi) is 4.88. The number of nitrogens with one attached hydrogen (secondary N) is 1. The van der Waals surface area contributed by atoms with E-state index in [0.29, 0.717) is 12.1 Å². The Morgan fingerprint density at radius 1 is 1.26 bits per heavy atom. The molecule has 2 aliphatic rings. The molecule has 1 amide bonds. The highest BCUT2D eigenvalue weighted by Gasteiger charge is 2.36. The maximum atomic E-state index is 11.9. The van der Waals surface area contributed by atoms with Gasteiger partial charge in [0.15, 0.2) is 0 Å². The summed E-state index contributed by atoms with van der Waals surface area (Å²) in [5.41, 5.74) is 0. The van der Waals surface area contributed by atoms with E-state index < -0.39 is 0 Å². The number of piperidine rings is 1. The van der Waals surface area contributed by atoms with E-state index in [0.717, 1.165) is 24.8 Å². The van der Waals surface area contributed by atoms with E-state index in [2.05, 4.69) is 24.1 Å². The Labute approximate surface area is 118 Å². The smallest absolute Gasteiger partial charge is 0.222 e.